The van der Waals surface area contributed by atoms with Crippen molar-refractivity contribution in [2.45, 2.75) is 25.7 Å². The van der Waals surface area contributed by atoms with Crippen LogP contribution in [-0.2, 0) is 11.2 Å². The third-order valence-electron chi connectivity index (χ3n) is 5.38. The molecule has 2 amide bonds. The molecule has 8 heteroatoms. The lowest BCUT2D eigenvalue weighted by atomic mass is 10.1. The van der Waals surface area contributed by atoms with E-state index in [0.717, 1.165) is 11.4 Å². The van der Waals surface area contributed by atoms with Gasteiger partial charge in [-0.3, -0.25) is 24.1 Å². The van der Waals surface area contributed by atoms with Crippen molar-refractivity contribution < 1.29 is 24.3 Å². The van der Waals surface area contributed by atoms with Crippen molar-refractivity contribution in [1.29, 1.82) is 0 Å². The summed E-state index contributed by atoms with van der Waals surface area (Å²) >= 11 is 0. The molecular weight excluding hydrogens is 410 g/mol. The van der Waals surface area contributed by atoms with Crippen LogP contribution in [0.4, 0.5) is 0 Å². The van der Waals surface area contributed by atoms with E-state index in [1.807, 2.05) is 10.8 Å². The second kappa shape index (κ2) is 8.97. The van der Waals surface area contributed by atoms with Gasteiger partial charge in [0.1, 0.15) is 0 Å². The minimum Gasteiger partial charge on any atom is -0.481 e. The Morgan fingerprint density at radius 2 is 1.56 bits per heavy atom. The van der Waals surface area contributed by atoms with E-state index in [9.17, 15) is 19.2 Å². The summed E-state index contributed by atoms with van der Waals surface area (Å²) in [6.45, 7) is 0.326. The second-order valence-electron chi connectivity index (χ2n) is 7.55. The Morgan fingerprint density at radius 3 is 2.19 bits per heavy atom. The molecule has 0 spiro atoms. The zero-order valence-electron chi connectivity index (χ0n) is 17.2. The number of imidazole rings is 1. The number of nitrogens with zero attached hydrogens (tertiary/aromatic N) is 3. The maximum atomic E-state index is 12.4. The number of hydrogen-bond donors (Lipinski definition) is 1. The van der Waals surface area contributed by atoms with Crippen LogP contribution >= 0.6 is 0 Å². The van der Waals surface area contributed by atoms with Gasteiger partial charge < -0.3 is 9.67 Å². The molecule has 3 aromatic rings. The van der Waals surface area contributed by atoms with E-state index in [1.165, 1.54) is 4.90 Å². The average Bonchev–Trinajstić information content (AvgIpc) is 3.37. The molecule has 4 rings (SSSR count). The summed E-state index contributed by atoms with van der Waals surface area (Å²) in [5.74, 6) is -1.72. The first-order valence-electron chi connectivity index (χ1n) is 10.3. The highest BCUT2D eigenvalue weighted by atomic mass is 16.4. The van der Waals surface area contributed by atoms with Crippen LogP contribution in [0.15, 0.2) is 61.1 Å². The van der Waals surface area contributed by atoms with Crippen molar-refractivity contribution >= 4 is 23.6 Å². The van der Waals surface area contributed by atoms with Gasteiger partial charge in [0.2, 0.25) is 0 Å². The average molecular weight is 431 g/mol. The number of carbonyl (C=O) groups is 4. The van der Waals surface area contributed by atoms with Gasteiger partial charge in [-0.2, -0.15) is 0 Å². The summed E-state index contributed by atoms with van der Waals surface area (Å²) in [6.07, 6.45) is 4.51. The van der Waals surface area contributed by atoms with Crippen LogP contribution in [0, 0.1) is 0 Å². The van der Waals surface area contributed by atoms with E-state index in [-0.39, 0.29) is 30.4 Å². The summed E-state index contributed by atoms with van der Waals surface area (Å²) in [5, 5.41) is 8.70. The lowest BCUT2D eigenvalue weighted by Crippen LogP contribution is -2.30. The molecule has 0 saturated heterocycles. The fraction of sp³-hybridized carbons (Fsp3) is 0.208. The minimum absolute atomic E-state index is 0.0307. The molecule has 1 aromatic heterocycles. The molecule has 8 nitrogen and oxygen atoms in total. The van der Waals surface area contributed by atoms with Gasteiger partial charge in [-0.25, -0.2) is 4.98 Å². The number of hydrogen-bond acceptors (Lipinski definition) is 5. The predicted molar refractivity (Wildman–Crippen MR) is 115 cm³/mol. The Labute approximate surface area is 184 Å². The molecule has 1 aliphatic rings. The maximum absolute atomic E-state index is 12.4. The van der Waals surface area contributed by atoms with Gasteiger partial charge in [0, 0.05) is 30.4 Å². The molecule has 2 heterocycles. The fourth-order valence-corrected chi connectivity index (χ4v) is 3.68. The zero-order valence-corrected chi connectivity index (χ0v) is 17.2. The molecule has 32 heavy (non-hydrogen) atoms. The van der Waals surface area contributed by atoms with E-state index in [4.69, 9.17) is 5.11 Å². The van der Waals surface area contributed by atoms with Crippen molar-refractivity contribution in [2.24, 2.45) is 0 Å². The van der Waals surface area contributed by atoms with Crippen LogP contribution < -0.4 is 0 Å². The van der Waals surface area contributed by atoms with Gasteiger partial charge in [0.15, 0.2) is 5.78 Å². The van der Waals surface area contributed by atoms with Crippen LogP contribution in [0.25, 0.3) is 5.69 Å². The normalized spacial score (nSPS) is 12.8. The van der Waals surface area contributed by atoms with Gasteiger partial charge in [0.25, 0.3) is 11.8 Å². The Hall–Kier alpha value is -4.07. The number of ketones is 1. The lowest BCUT2D eigenvalue weighted by molar-refractivity contribution is -0.136. The van der Waals surface area contributed by atoms with Crippen molar-refractivity contribution in [3.05, 3.63) is 83.4 Å². The van der Waals surface area contributed by atoms with E-state index < -0.39 is 5.97 Å². The molecule has 0 unspecified atom stereocenters. The number of aromatic nitrogens is 2. The third-order valence-corrected chi connectivity index (χ3v) is 5.38. The van der Waals surface area contributed by atoms with Crippen LogP contribution in [-0.4, -0.2) is 49.7 Å². The summed E-state index contributed by atoms with van der Waals surface area (Å²) in [6, 6.07) is 13.7. The fourth-order valence-electron chi connectivity index (χ4n) is 3.68. The van der Waals surface area contributed by atoms with Gasteiger partial charge in [0.05, 0.1) is 29.6 Å². The molecule has 0 bridgehead atoms. The lowest BCUT2D eigenvalue weighted by Gasteiger charge is -2.12. The highest BCUT2D eigenvalue weighted by Gasteiger charge is 2.34. The molecule has 1 aliphatic heterocycles. The number of fused-ring (bicyclic) bond motifs is 1. The molecule has 0 saturated carbocycles. The monoisotopic (exact) mass is 431 g/mol. The number of carbonyl (C=O) groups excluding carboxylic acids is 3. The van der Waals surface area contributed by atoms with E-state index in [2.05, 4.69) is 4.98 Å². The van der Waals surface area contributed by atoms with Gasteiger partial charge >= 0.3 is 5.97 Å². The van der Waals surface area contributed by atoms with Crippen LogP contribution in [0.2, 0.25) is 0 Å². The summed E-state index contributed by atoms with van der Waals surface area (Å²) in [4.78, 5) is 53.1. The number of amides is 2. The van der Waals surface area contributed by atoms with Crippen molar-refractivity contribution in [3.63, 3.8) is 0 Å². The number of imide groups is 1. The highest BCUT2D eigenvalue weighted by Crippen LogP contribution is 2.22. The standard InChI is InChI=1S/C24H21N3O5/c28-21(11-12-22(29)30)16-7-9-18(10-8-16)26-14-17(25-15-26)4-3-13-27-23(31)19-5-1-2-6-20(19)24(27)32/h1-2,5-10,14-15H,3-4,11-13H2,(H,29,30). The van der Waals surface area contributed by atoms with Crippen LogP contribution in [0.5, 0.6) is 0 Å². The number of carboxylic acid groups (broad SMARTS) is 1. The quantitative estimate of drug-likeness (QED) is 0.412. The molecular formula is C24H21N3O5. The zero-order chi connectivity index (χ0) is 22.7. The SMILES string of the molecule is O=C(O)CCC(=O)c1ccc(-n2cnc(CCCN3C(=O)c4ccccc4C3=O)c2)cc1. The van der Waals surface area contributed by atoms with Crippen molar-refractivity contribution in [1.82, 2.24) is 14.5 Å². The molecule has 2 aromatic carbocycles. The second-order valence-corrected chi connectivity index (χ2v) is 7.55. The van der Waals surface area contributed by atoms with Gasteiger partial charge in [-0.05, 0) is 49.2 Å². The number of benzene rings is 2. The summed E-state index contributed by atoms with van der Waals surface area (Å²) < 4.78 is 1.82. The first-order chi connectivity index (χ1) is 15.4. The third kappa shape index (κ3) is 4.34. The van der Waals surface area contributed by atoms with Crippen LogP contribution in [0.3, 0.4) is 0 Å². The first kappa shape index (κ1) is 21.2. The van der Waals surface area contributed by atoms with Gasteiger partial charge in [-0.1, -0.05) is 12.1 Å². The Balaban J connectivity index is 1.33. The molecule has 1 N–H and O–H groups in total. The Kier molecular flexibility index (Phi) is 5.93. The topological polar surface area (TPSA) is 110 Å². The van der Waals surface area contributed by atoms with E-state index in [0.29, 0.717) is 36.1 Å². The van der Waals surface area contributed by atoms with Gasteiger partial charge in [-0.15, -0.1) is 0 Å². The van der Waals surface area contributed by atoms with Crippen molar-refractivity contribution in [2.75, 3.05) is 6.54 Å². The van der Waals surface area contributed by atoms with E-state index in [1.54, 1.807) is 54.9 Å². The number of aryl methyl sites for hydroxylation is 1. The van der Waals surface area contributed by atoms with E-state index >= 15 is 0 Å². The number of carboxylic acids is 1. The number of rotatable bonds is 9. The van der Waals surface area contributed by atoms with Crippen molar-refractivity contribution in [3.8, 4) is 5.69 Å². The number of Topliss-reactive ketones (excluding diaryl/α,β-unsaturated/α-hetero) is 1. The Morgan fingerprint density at radius 1 is 0.906 bits per heavy atom. The molecule has 0 fully saturated rings. The first-order valence-corrected chi connectivity index (χ1v) is 10.3. The molecule has 162 valence electrons. The maximum Gasteiger partial charge on any atom is 0.303 e. The molecule has 0 aliphatic carbocycles. The summed E-state index contributed by atoms with van der Waals surface area (Å²) in [5.41, 5.74) is 3.01. The Bertz CT molecular complexity index is 1160. The predicted octanol–water partition coefficient (Wildman–Crippen LogP) is 3.15. The number of aliphatic carboxylic acids is 1. The summed E-state index contributed by atoms with van der Waals surface area (Å²) in [7, 11) is 0. The highest BCUT2D eigenvalue weighted by molar-refractivity contribution is 6.21. The van der Waals surface area contributed by atoms with Crippen LogP contribution in [0.1, 0.15) is 56.0 Å². The molecule has 0 radical (unpaired) electrons. The smallest absolute Gasteiger partial charge is 0.303 e. The minimum atomic E-state index is -0.996. The largest absolute Gasteiger partial charge is 0.481 e. The molecule has 0 atom stereocenters.